The van der Waals surface area contributed by atoms with Crippen molar-refractivity contribution < 1.29 is 17.9 Å². The number of sulfonamides is 1. The summed E-state index contributed by atoms with van der Waals surface area (Å²) in [7, 11) is -0.859. The normalized spacial score (nSPS) is 10.9. The highest BCUT2D eigenvalue weighted by Gasteiger charge is 2.20. The Bertz CT molecular complexity index is 498. The third-order valence-electron chi connectivity index (χ3n) is 2.04. The lowest BCUT2D eigenvalue weighted by Gasteiger charge is -2.18. The Morgan fingerprint density at radius 2 is 2.12 bits per heavy atom. The summed E-state index contributed by atoms with van der Waals surface area (Å²) in [6, 6.07) is 1.41. The molecular formula is C9H12N2O4S. The van der Waals surface area contributed by atoms with Crippen molar-refractivity contribution >= 4 is 21.7 Å². The van der Waals surface area contributed by atoms with Crippen LogP contribution in [0.3, 0.4) is 0 Å². The first-order valence-corrected chi connectivity index (χ1v) is 6.19. The van der Waals surface area contributed by atoms with Crippen LogP contribution in [0.25, 0.3) is 0 Å². The Morgan fingerprint density at radius 3 is 2.62 bits per heavy atom. The van der Waals surface area contributed by atoms with Gasteiger partial charge >= 0.3 is 5.97 Å². The van der Waals surface area contributed by atoms with Gasteiger partial charge in [0.1, 0.15) is 0 Å². The quantitative estimate of drug-likeness (QED) is 0.713. The van der Waals surface area contributed by atoms with Crippen molar-refractivity contribution in [3.8, 4) is 0 Å². The number of ether oxygens (including phenoxy) is 1. The first kappa shape index (κ1) is 12.4. The molecule has 0 aliphatic heterocycles. The zero-order valence-electron chi connectivity index (χ0n) is 9.17. The van der Waals surface area contributed by atoms with Crippen LogP contribution in [0.4, 0.5) is 5.69 Å². The number of methoxy groups -OCH3 is 1. The van der Waals surface area contributed by atoms with Crippen LogP contribution in [0.15, 0.2) is 18.5 Å². The van der Waals surface area contributed by atoms with Gasteiger partial charge in [-0.25, -0.2) is 13.2 Å². The molecule has 0 atom stereocenters. The Kier molecular flexibility index (Phi) is 3.48. The second-order valence-corrected chi connectivity index (χ2v) is 5.13. The second-order valence-electron chi connectivity index (χ2n) is 3.11. The summed E-state index contributed by atoms with van der Waals surface area (Å²) in [6.07, 6.45) is 3.74. The van der Waals surface area contributed by atoms with Crippen molar-refractivity contribution in [2.75, 3.05) is 24.7 Å². The molecule has 1 aromatic rings. The molecular weight excluding hydrogens is 232 g/mol. The van der Waals surface area contributed by atoms with E-state index >= 15 is 0 Å². The van der Waals surface area contributed by atoms with E-state index in [1.54, 1.807) is 0 Å². The molecule has 6 nitrogen and oxygen atoms in total. The van der Waals surface area contributed by atoms with E-state index in [-0.39, 0.29) is 11.3 Å². The van der Waals surface area contributed by atoms with Crippen LogP contribution >= 0.6 is 0 Å². The molecule has 0 saturated carbocycles. The topological polar surface area (TPSA) is 76.6 Å². The Balaban J connectivity index is 3.29. The number of aromatic nitrogens is 1. The van der Waals surface area contributed by atoms with Crippen LogP contribution in [0.2, 0.25) is 0 Å². The number of hydrogen-bond donors (Lipinski definition) is 0. The van der Waals surface area contributed by atoms with Gasteiger partial charge in [-0.2, -0.15) is 0 Å². The van der Waals surface area contributed by atoms with Crippen LogP contribution in [-0.2, 0) is 14.8 Å². The van der Waals surface area contributed by atoms with Gasteiger partial charge in [0, 0.05) is 13.2 Å². The van der Waals surface area contributed by atoms with Gasteiger partial charge in [0.15, 0.2) is 0 Å². The Hall–Kier alpha value is -1.63. The molecule has 16 heavy (non-hydrogen) atoms. The number of carbonyl (C=O) groups excluding carboxylic acids is 1. The second kappa shape index (κ2) is 4.48. The highest BCUT2D eigenvalue weighted by Crippen LogP contribution is 2.20. The molecule has 0 fully saturated rings. The molecule has 7 heteroatoms. The van der Waals surface area contributed by atoms with Crippen molar-refractivity contribution in [3.05, 3.63) is 24.0 Å². The third kappa shape index (κ3) is 2.48. The van der Waals surface area contributed by atoms with E-state index in [1.807, 2.05) is 0 Å². The van der Waals surface area contributed by atoms with Crippen molar-refractivity contribution in [1.82, 2.24) is 4.98 Å². The number of pyridine rings is 1. The number of carbonyl (C=O) groups is 1. The lowest BCUT2D eigenvalue weighted by Crippen LogP contribution is -2.27. The van der Waals surface area contributed by atoms with E-state index < -0.39 is 16.0 Å². The van der Waals surface area contributed by atoms with Gasteiger partial charge in [0.05, 0.1) is 30.8 Å². The molecule has 1 heterocycles. The van der Waals surface area contributed by atoms with Crippen LogP contribution in [-0.4, -0.2) is 39.8 Å². The molecule has 0 radical (unpaired) electrons. The maximum absolute atomic E-state index is 11.4. The fourth-order valence-electron chi connectivity index (χ4n) is 1.10. The van der Waals surface area contributed by atoms with Crippen LogP contribution in [0.1, 0.15) is 10.4 Å². The molecule has 1 rings (SSSR count). The van der Waals surface area contributed by atoms with Crippen LogP contribution in [0.5, 0.6) is 0 Å². The van der Waals surface area contributed by atoms with Crippen molar-refractivity contribution in [2.24, 2.45) is 0 Å². The predicted octanol–water partition coefficient (Wildman–Crippen LogP) is 0.264. The minimum atomic E-state index is -3.43. The van der Waals surface area contributed by atoms with E-state index in [0.717, 1.165) is 10.6 Å². The maximum atomic E-state index is 11.4. The summed E-state index contributed by atoms with van der Waals surface area (Å²) in [5.74, 6) is -0.604. The standard InChI is InChI=1S/C9H12N2O4S/c1-11(16(3,13)14)8-6-10-5-4-7(8)9(12)15-2/h4-6H,1-3H3. The molecule has 88 valence electrons. The highest BCUT2D eigenvalue weighted by molar-refractivity contribution is 7.92. The number of nitrogens with zero attached hydrogens (tertiary/aromatic N) is 2. The molecule has 0 aliphatic carbocycles. The molecule has 0 saturated heterocycles. The zero-order valence-corrected chi connectivity index (χ0v) is 9.98. The van der Waals surface area contributed by atoms with Gasteiger partial charge in [-0.3, -0.25) is 9.29 Å². The van der Waals surface area contributed by atoms with E-state index in [2.05, 4.69) is 9.72 Å². The summed E-state index contributed by atoms with van der Waals surface area (Å²) < 4.78 is 28.2. The summed E-state index contributed by atoms with van der Waals surface area (Å²) >= 11 is 0. The molecule has 0 aromatic carbocycles. The molecule has 0 aliphatic rings. The third-order valence-corrected chi connectivity index (χ3v) is 3.23. The van der Waals surface area contributed by atoms with Crippen molar-refractivity contribution in [3.63, 3.8) is 0 Å². The van der Waals surface area contributed by atoms with Crippen LogP contribution in [0, 0.1) is 0 Å². The monoisotopic (exact) mass is 244 g/mol. The first-order valence-electron chi connectivity index (χ1n) is 4.34. The van der Waals surface area contributed by atoms with Gasteiger partial charge in [-0.15, -0.1) is 0 Å². The molecule has 0 amide bonds. The summed E-state index contributed by atoms with van der Waals surface area (Å²) in [4.78, 5) is 15.2. The largest absolute Gasteiger partial charge is 0.465 e. The average Bonchev–Trinajstić information content (AvgIpc) is 2.25. The first-order chi connectivity index (χ1) is 7.38. The summed E-state index contributed by atoms with van der Waals surface area (Å²) in [6.45, 7) is 0. The zero-order chi connectivity index (χ0) is 12.3. The van der Waals surface area contributed by atoms with Crippen molar-refractivity contribution in [2.45, 2.75) is 0 Å². The molecule has 0 N–H and O–H groups in total. The maximum Gasteiger partial charge on any atom is 0.340 e. The Morgan fingerprint density at radius 1 is 1.50 bits per heavy atom. The van der Waals surface area contributed by atoms with Gasteiger partial charge in [0.2, 0.25) is 10.0 Å². The number of anilines is 1. The minimum absolute atomic E-state index is 0.158. The SMILES string of the molecule is COC(=O)c1ccncc1N(C)S(C)(=O)=O. The molecule has 0 spiro atoms. The highest BCUT2D eigenvalue weighted by atomic mass is 32.2. The fourth-order valence-corrected chi connectivity index (χ4v) is 1.60. The van der Waals surface area contributed by atoms with E-state index in [0.29, 0.717) is 0 Å². The smallest absolute Gasteiger partial charge is 0.340 e. The van der Waals surface area contributed by atoms with Crippen molar-refractivity contribution in [1.29, 1.82) is 0 Å². The number of hydrogen-bond acceptors (Lipinski definition) is 5. The molecule has 0 bridgehead atoms. The van der Waals surface area contributed by atoms with E-state index in [9.17, 15) is 13.2 Å². The van der Waals surface area contributed by atoms with E-state index in [1.165, 1.54) is 32.6 Å². The average molecular weight is 244 g/mol. The van der Waals surface area contributed by atoms with Crippen LogP contribution < -0.4 is 4.31 Å². The van der Waals surface area contributed by atoms with E-state index in [4.69, 9.17) is 0 Å². The number of rotatable bonds is 3. The fraction of sp³-hybridized carbons (Fsp3) is 0.333. The molecule has 0 unspecified atom stereocenters. The van der Waals surface area contributed by atoms with Gasteiger partial charge in [-0.05, 0) is 6.07 Å². The minimum Gasteiger partial charge on any atom is -0.465 e. The van der Waals surface area contributed by atoms with Gasteiger partial charge in [-0.1, -0.05) is 0 Å². The predicted molar refractivity (Wildman–Crippen MR) is 58.8 cm³/mol. The summed E-state index contributed by atoms with van der Waals surface area (Å²) in [5, 5.41) is 0. The number of esters is 1. The van der Waals surface area contributed by atoms with Gasteiger partial charge < -0.3 is 4.74 Å². The van der Waals surface area contributed by atoms with Gasteiger partial charge in [0.25, 0.3) is 0 Å². The Labute approximate surface area is 93.9 Å². The lowest BCUT2D eigenvalue weighted by molar-refractivity contribution is 0.0601. The molecule has 1 aromatic heterocycles. The summed E-state index contributed by atoms with van der Waals surface area (Å²) in [5.41, 5.74) is 0.349. The lowest BCUT2D eigenvalue weighted by atomic mass is 10.2.